The van der Waals surface area contributed by atoms with Gasteiger partial charge in [-0.15, -0.1) is 0 Å². The van der Waals surface area contributed by atoms with E-state index in [0.717, 1.165) is 0 Å². The summed E-state index contributed by atoms with van der Waals surface area (Å²) in [5.41, 5.74) is -0.694. The number of aryl methyl sites for hydroxylation is 1. The number of hydrogen-bond acceptors (Lipinski definition) is 6. The van der Waals surface area contributed by atoms with Crippen LogP contribution in [-0.2, 0) is 27.9 Å². The van der Waals surface area contributed by atoms with E-state index in [0.29, 0.717) is 11.4 Å². The van der Waals surface area contributed by atoms with E-state index in [1.54, 1.807) is 12.1 Å². The molecule has 3 aromatic rings. The number of aromatic nitrogens is 2. The fraction of sp³-hybridized carbons (Fsp3) is 0.167. The van der Waals surface area contributed by atoms with Gasteiger partial charge in [0.05, 0.1) is 17.7 Å². The number of sulfonamides is 1. The highest BCUT2D eigenvalue weighted by Gasteiger charge is 2.14. The van der Waals surface area contributed by atoms with Gasteiger partial charge in [0.2, 0.25) is 15.9 Å². The molecule has 3 N–H and O–H groups in total. The number of nitrogens with zero attached hydrogens (tertiary/aromatic N) is 1. The normalized spacial score (nSPS) is 11.3. The van der Waals surface area contributed by atoms with Crippen molar-refractivity contribution in [3.63, 3.8) is 0 Å². The molecule has 0 aliphatic heterocycles. The summed E-state index contributed by atoms with van der Waals surface area (Å²) in [5.74, 6) is 0.119. The molecule has 1 aromatic carbocycles. The fourth-order valence-corrected chi connectivity index (χ4v) is 3.44. The zero-order chi connectivity index (χ0) is 20.9. The van der Waals surface area contributed by atoms with Crippen LogP contribution in [0.2, 0.25) is 0 Å². The second kappa shape index (κ2) is 8.71. The van der Waals surface area contributed by atoms with Crippen LogP contribution < -0.4 is 21.3 Å². The van der Waals surface area contributed by atoms with Crippen LogP contribution in [0.25, 0.3) is 0 Å². The van der Waals surface area contributed by atoms with Gasteiger partial charge < -0.3 is 14.3 Å². The van der Waals surface area contributed by atoms with Gasteiger partial charge in [0.15, 0.2) is 0 Å². The maximum absolute atomic E-state index is 12.3. The van der Waals surface area contributed by atoms with Gasteiger partial charge in [0.25, 0.3) is 5.56 Å². The minimum atomic E-state index is -3.73. The number of rotatable bonds is 8. The number of aromatic amines is 1. The van der Waals surface area contributed by atoms with Gasteiger partial charge in [-0.2, -0.15) is 0 Å². The van der Waals surface area contributed by atoms with Crippen molar-refractivity contribution in [2.45, 2.75) is 24.4 Å². The number of anilines is 1. The summed E-state index contributed by atoms with van der Waals surface area (Å²) in [6.07, 6.45) is 2.76. The molecule has 0 aliphatic carbocycles. The van der Waals surface area contributed by atoms with Crippen molar-refractivity contribution < 1.29 is 17.6 Å². The van der Waals surface area contributed by atoms with Gasteiger partial charge in [-0.05, 0) is 36.4 Å². The summed E-state index contributed by atoms with van der Waals surface area (Å²) in [6.45, 7) is 0.114. The minimum absolute atomic E-state index is 0.00327. The van der Waals surface area contributed by atoms with E-state index in [-0.39, 0.29) is 30.3 Å². The monoisotopic (exact) mass is 418 g/mol. The molecule has 2 aromatic heterocycles. The highest BCUT2D eigenvalue weighted by Crippen LogP contribution is 2.15. The first-order chi connectivity index (χ1) is 13.8. The molecule has 0 fully saturated rings. The van der Waals surface area contributed by atoms with Crippen molar-refractivity contribution in [1.29, 1.82) is 0 Å². The van der Waals surface area contributed by atoms with Gasteiger partial charge in [-0.3, -0.25) is 14.6 Å². The lowest BCUT2D eigenvalue weighted by atomic mass is 10.3. The highest BCUT2D eigenvalue weighted by atomic mass is 32.2. The van der Waals surface area contributed by atoms with Crippen molar-refractivity contribution >= 4 is 21.6 Å². The van der Waals surface area contributed by atoms with Crippen LogP contribution in [0.5, 0.6) is 0 Å². The molecule has 152 valence electrons. The molecule has 29 heavy (non-hydrogen) atoms. The zero-order valence-corrected chi connectivity index (χ0v) is 15.9. The quantitative estimate of drug-likeness (QED) is 0.490. The number of nitrogens with one attached hydrogen (secondary N) is 3. The lowest BCUT2D eigenvalue weighted by molar-refractivity contribution is -0.116. The van der Waals surface area contributed by atoms with Crippen LogP contribution >= 0.6 is 0 Å². The number of H-pyrrole nitrogens is 1. The summed E-state index contributed by atoms with van der Waals surface area (Å²) < 4.78 is 33.3. The Hall–Kier alpha value is -3.44. The van der Waals surface area contributed by atoms with Crippen molar-refractivity contribution in [1.82, 2.24) is 14.3 Å². The van der Waals surface area contributed by atoms with Gasteiger partial charge in [-0.25, -0.2) is 17.9 Å². The first-order valence-corrected chi connectivity index (χ1v) is 10.0. The number of carbonyl (C=O) groups excluding carboxylic acids is 1. The van der Waals surface area contributed by atoms with Crippen LogP contribution in [0.3, 0.4) is 0 Å². The zero-order valence-electron chi connectivity index (χ0n) is 15.1. The maximum atomic E-state index is 12.3. The number of benzene rings is 1. The molecule has 0 spiro atoms. The third-order valence-corrected chi connectivity index (χ3v) is 5.36. The SMILES string of the molecule is O=C(CCn1ccc(=O)[nH]c1=O)Nc1ccc(S(=O)(=O)NCc2ccco2)cc1. The van der Waals surface area contributed by atoms with Gasteiger partial charge >= 0.3 is 5.69 Å². The lowest BCUT2D eigenvalue weighted by Gasteiger charge is -2.09. The van der Waals surface area contributed by atoms with Crippen LogP contribution in [0.4, 0.5) is 5.69 Å². The largest absolute Gasteiger partial charge is 0.468 e. The average Bonchev–Trinajstić information content (AvgIpc) is 3.20. The van der Waals surface area contributed by atoms with Crippen LogP contribution in [0.15, 0.2) is 73.8 Å². The lowest BCUT2D eigenvalue weighted by Crippen LogP contribution is -2.29. The van der Waals surface area contributed by atoms with Crippen LogP contribution in [0.1, 0.15) is 12.2 Å². The molecule has 0 saturated heterocycles. The van der Waals surface area contributed by atoms with E-state index in [4.69, 9.17) is 4.42 Å². The van der Waals surface area contributed by atoms with Gasteiger partial charge in [0.1, 0.15) is 5.76 Å². The van der Waals surface area contributed by atoms with E-state index in [1.165, 1.54) is 47.4 Å². The molecule has 1 amide bonds. The Morgan fingerprint density at radius 3 is 2.52 bits per heavy atom. The number of hydrogen-bond donors (Lipinski definition) is 3. The first-order valence-electron chi connectivity index (χ1n) is 8.55. The topological polar surface area (TPSA) is 143 Å². The summed E-state index contributed by atoms with van der Waals surface area (Å²) in [4.78, 5) is 36.8. The summed E-state index contributed by atoms with van der Waals surface area (Å²) in [7, 11) is -3.73. The number of amides is 1. The Balaban J connectivity index is 1.56. The molecule has 0 atom stereocenters. The summed E-state index contributed by atoms with van der Waals surface area (Å²) >= 11 is 0. The minimum Gasteiger partial charge on any atom is -0.468 e. The molecule has 2 heterocycles. The van der Waals surface area contributed by atoms with E-state index in [2.05, 4.69) is 15.0 Å². The number of furan rings is 1. The van der Waals surface area contributed by atoms with Crippen LogP contribution in [-0.4, -0.2) is 23.9 Å². The molecule has 0 bridgehead atoms. The second-order valence-electron chi connectivity index (χ2n) is 6.03. The van der Waals surface area contributed by atoms with E-state index in [9.17, 15) is 22.8 Å². The summed E-state index contributed by atoms with van der Waals surface area (Å²) in [6, 6.07) is 10.2. The molecule has 0 aliphatic rings. The molecule has 3 rings (SSSR count). The maximum Gasteiger partial charge on any atom is 0.328 e. The molecule has 11 heteroatoms. The van der Waals surface area contributed by atoms with E-state index >= 15 is 0 Å². The van der Waals surface area contributed by atoms with Gasteiger partial charge in [0, 0.05) is 30.9 Å². The highest BCUT2D eigenvalue weighted by molar-refractivity contribution is 7.89. The van der Waals surface area contributed by atoms with Crippen LogP contribution in [0, 0.1) is 0 Å². The Morgan fingerprint density at radius 2 is 1.86 bits per heavy atom. The van der Waals surface area contributed by atoms with Crippen molar-refractivity contribution in [2.75, 3.05) is 5.32 Å². The standard InChI is InChI=1S/C18H18N4O6S/c23-16(7-9-22-10-8-17(24)21-18(22)25)20-13-3-5-15(6-4-13)29(26,27)19-12-14-2-1-11-28-14/h1-6,8,10-11,19H,7,9,12H2,(H,20,23)(H,21,24,25). The Morgan fingerprint density at radius 1 is 1.10 bits per heavy atom. The van der Waals surface area contributed by atoms with E-state index in [1.807, 2.05) is 0 Å². The third kappa shape index (κ3) is 5.53. The van der Waals surface area contributed by atoms with Gasteiger partial charge in [-0.1, -0.05) is 0 Å². The molecular weight excluding hydrogens is 400 g/mol. The fourth-order valence-electron chi connectivity index (χ4n) is 2.45. The Kier molecular flexibility index (Phi) is 6.10. The van der Waals surface area contributed by atoms with Crippen molar-refractivity contribution in [3.05, 3.63) is 81.5 Å². The average molecular weight is 418 g/mol. The number of carbonyl (C=O) groups is 1. The predicted octanol–water partition coefficient (Wildman–Crippen LogP) is 0.637. The first kappa shape index (κ1) is 20.3. The van der Waals surface area contributed by atoms with Crippen molar-refractivity contribution in [3.8, 4) is 0 Å². The Labute approximate surface area is 165 Å². The third-order valence-electron chi connectivity index (χ3n) is 3.94. The van der Waals surface area contributed by atoms with Crippen molar-refractivity contribution in [2.24, 2.45) is 0 Å². The predicted molar refractivity (Wildman–Crippen MR) is 104 cm³/mol. The molecule has 0 saturated carbocycles. The molecule has 10 nitrogen and oxygen atoms in total. The molecule has 0 radical (unpaired) electrons. The Bertz CT molecular complexity index is 1190. The van der Waals surface area contributed by atoms with E-state index < -0.39 is 21.3 Å². The smallest absolute Gasteiger partial charge is 0.328 e. The molecule has 0 unspecified atom stereocenters. The molecular formula is C18H18N4O6S. The summed E-state index contributed by atoms with van der Waals surface area (Å²) in [5, 5.41) is 2.62. The second-order valence-corrected chi connectivity index (χ2v) is 7.80.